The van der Waals surface area contributed by atoms with Crippen molar-refractivity contribution in [1.82, 2.24) is 15.1 Å². The van der Waals surface area contributed by atoms with E-state index in [1.165, 1.54) is 12.1 Å². The third-order valence-corrected chi connectivity index (χ3v) is 7.87. The van der Waals surface area contributed by atoms with Gasteiger partial charge in [0.25, 0.3) is 0 Å². The summed E-state index contributed by atoms with van der Waals surface area (Å²) in [6.45, 7) is 8.70. The Hall–Kier alpha value is -2.65. The highest BCUT2D eigenvalue weighted by Gasteiger charge is 2.40. The van der Waals surface area contributed by atoms with E-state index in [4.69, 9.17) is 5.10 Å². The highest BCUT2D eigenvalue weighted by Crippen LogP contribution is 2.49. The molecule has 6 nitrogen and oxygen atoms in total. The molecule has 34 heavy (non-hydrogen) atoms. The minimum absolute atomic E-state index is 0.0972. The van der Waals surface area contributed by atoms with Gasteiger partial charge in [0.2, 0.25) is 11.8 Å². The van der Waals surface area contributed by atoms with Crippen LogP contribution in [0.25, 0.3) is 5.69 Å². The first-order valence-corrected chi connectivity index (χ1v) is 13.2. The minimum Gasteiger partial charge on any atom is -0.355 e. The molecule has 0 aliphatic carbocycles. The zero-order valence-electron chi connectivity index (χ0n) is 19.8. The maximum Gasteiger partial charge on any atom is 0.240 e. The van der Waals surface area contributed by atoms with E-state index in [9.17, 15) is 14.0 Å². The van der Waals surface area contributed by atoms with Crippen molar-refractivity contribution in [2.45, 2.75) is 44.8 Å². The summed E-state index contributed by atoms with van der Waals surface area (Å²) < 4.78 is 15.4. The standard InChI is InChI=1S/C25H29FN4O2S2/c1-5-12-27-19(31)14-29-20(32)15-34-22(18-7-6-13-33-18)21-23(25(2,3)4)28-30(24(21)29)17-10-8-16(26)9-11-17/h6-11,13,22H,5,12,14-15H2,1-4H3,(H,27,31)/t22-/m0/s1. The van der Waals surface area contributed by atoms with Crippen LogP contribution in [0.1, 0.15) is 55.5 Å². The van der Waals surface area contributed by atoms with Crippen molar-refractivity contribution in [1.29, 1.82) is 0 Å². The number of amides is 2. The molecule has 0 bridgehead atoms. The first-order valence-electron chi connectivity index (χ1n) is 11.3. The van der Waals surface area contributed by atoms with E-state index in [0.717, 1.165) is 22.6 Å². The average Bonchev–Trinajstić information content (AvgIpc) is 3.43. The fourth-order valence-electron chi connectivity index (χ4n) is 3.96. The zero-order chi connectivity index (χ0) is 24.5. The summed E-state index contributed by atoms with van der Waals surface area (Å²) in [5, 5.41) is 9.78. The number of carbonyl (C=O) groups excluding carboxylic acids is 2. The number of fused-ring (bicyclic) bond motifs is 1. The highest BCUT2D eigenvalue weighted by atomic mass is 32.2. The molecule has 0 radical (unpaired) electrons. The first-order chi connectivity index (χ1) is 16.2. The molecule has 3 heterocycles. The Morgan fingerprint density at radius 3 is 2.59 bits per heavy atom. The van der Waals surface area contributed by atoms with Crippen LogP contribution in [0.5, 0.6) is 0 Å². The molecule has 0 spiro atoms. The van der Waals surface area contributed by atoms with Gasteiger partial charge in [0, 0.05) is 22.4 Å². The number of thioether (sulfide) groups is 1. The molecule has 2 aromatic heterocycles. The van der Waals surface area contributed by atoms with Crippen molar-refractivity contribution in [3.63, 3.8) is 0 Å². The van der Waals surface area contributed by atoms with Crippen molar-refractivity contribution in [3.05, 3.63) is 63.7 Å². The van der Waals surface area contributed by atoms with Crippen LogP contribution in [0.4, 0.5) is 10.2 Å². The molecule has 0 saturated heterocycles. The molecule has 0 unspecified atom stereocenters. The van der Waals surface area contributed by atoms with Crippen LogP contribution < -0.4 is 10.2 Å². The number of halogens is 1. The van der Waals surface area contributed by atoms with Gasteiger partial charge in [-0.15, -0.1) is 23.1 Å². The predicted octanol–water partition coefficient (Wildman–Crippen LogP) is 5.07. The van der Waals surface area contributed by atoms with Crippen LogP contribution in [0.3, 0.4) is 0 Å². The summed E-state index contributed by atoms with van der Waals surface area (Å²) in [6, 6.07) is 10.1. The molecule has 2 amide bonds. The Bertz CT molecular complexity index is 1170. The van der Waals surface area contributed by atoms with Gasteiger partial charge in [0.15, 0.2) is 0 Å². The maximum atomic E-state index is 13.7. The van der Waals surface area contributed by atoms with Crippen molar-refractivity contribution in [2.75, 3.05) is 23.7 Å². The van der Waals surface area contributed by atoms with Gasteiger partial charge in [-0.3, -0.25) is 14.5 Å². The second kappa shape index (κ2) is 9.92. The number of hydrogen-bond acceptors (Lipinski definition) is 5. The molecule has 180 valence electrons. The van der Waals surface area contributed by atoms with E-state index in [1.807, 2.05) is 18.4 Å². The molecule has 1 atom stereocenters. The fourth-order valence-corrected chi connectivity index (χ4v) is 6.14. The molecular formula is C25H29FN4O2S2. The molecule has 3 aromatic rings. The molecule has 1 aliphatic heterocycles. The Morgan fingerprint density at radius 1 is 1.24 bits per heavy atom. The summed E-state index contributed by atoms with van der Waals surface area (Å²) in [7, 11) is 0. The number of carbonyl (C=O) groups is 2. The lowest BCUT2D eigenvalue weighted by molar-refractivity contribution is -0.122. The van der Waals surface area contributed by atoms with Gasteiger partial charge in [-0.2, -0.15) is 5.10 Å². The second-order valence-electron chi connectivity index (χ2n) is 9.26. The topological polar surface area (TPSA) is 67.2 Å². The van der Waals surface area contributed by atoms with Crippen LogP contribution in [-0.2, 0) is 15.0 Å². The van der Waals surface area contributed by atoms with Gasteiger partial charge in [-0.05, 0) is 42.1 Å². The summed E-state index contributed by atoms with van der Waals surface area (Å²) >= 11 is 3.20. The number of benzene rings is 1. The second-order valence-corrected chi connectivity index (χ2v) is 11.3. The van der Waals surface area contributed by atoms with Gasteiger partial charge >= 0.3 is 0 Å². The van der Waals surface area contributed by atoms with E-state index in [0.29, 0.717) is 18.1 Å². The smallest absolute Gasteiger partial charge is 0.240 e. The fraction of sp³-hybridized carbons (Fsp3) is 0.400. The lowest BCUT2D eigenvalue weighted by Crippen LogP contribution is -2.42. The maximum absolute atomic E-state index is 13.7. The largest absolute Gasteiger partial charge is 0.355 e. The van der Waals surface area contributed by atoms with Crippen LogP contribution >= 0.6 is 23.1 Å². The molecule has 0 saturated carbocycles. The number of rotatable bonds is 6. The molecule has 9 heteroatoms. The highest BCUT2D eigenvalue weighted by molar-refractivity contribution is 8.00. The Balaban J connectivity index is 1.97. The van der Waals surface area contributed by atoms with Crippen molar-refractivity contribution < 1.29 is 14.0 Å². The predicted molar refractivity (Wildman–Crippen MR) is 136 cm³/mol. The number of thiophene rings is 1. The molecule has 1 aromatic carbocycles. The van der Waals surface area contributed by atoms with E-state index >= 15 is 0 Å². The summed E-state index contributed by atoms with van der Waals surface area (Å²) in [6.07, 6.45) is 0.808. The van der Waals surface area contributed by atoms with Gasteiger partial charge in [-0.1, -0.05) is 33.8 Å². The summed E-state index contributed by atoms with van der Waals surface area (Å²) in [5.74, 6) is 0.102. The summed E-state index contributed by atoms with van der Waals surface area (Å²) in [4.78, 5) is 28.9. The van der Waals surface area contributed by atoms with Crippen LogP contribution in [0, 0.1) is 5.82 Å². The lowest BCUT2D eigenvalue weighted by atomic mass is 9.88. The van der Waals surface area contributed by atoms with Crippen molar-refractivity contribution in [2.24, 2.45) is 0 Å². The molecular weight excluding hydrogens is 471 g/mol. The average molecular weight is 501 g/mol. The van der Waals surface area contributed by atoms with E-state index in [-0.39, 0.29) is 40.6 Å². The van der Waals surface area contributed by atoms with Gasteiger partial charge in [0.05, 0.1) is 22.4 Å². The molecule has 4 rings (SSSR count). The van der Waals surface area contributed by atoms with E-state index in [1.54, 1.807) is 44.8 Å². The molecule has 1 N–H and O–H groups in total. The quantitative estimate of drug-likeness (QED) is 0.513. The van der Waals surface area contributed by atoms with Gasteiger partial charge < -0.3 is 5.32 Å². The zero-order valence-corrected chi connectivity index (χ0v) is 21.4. The van der Waals surface area contributed by atoms with Gasteiger partial charge in [-0.25, -0.2) is 9.07 Å². The number of aromatic nitrogens is 2. The minimum atomic E-state index is -0.350. The lowest BCUT2D eigenvalue weighted by Gasteiger charge is -2.24. The van der Waals surface area contributed by atoms with Crippen LogP contribution in [0.2, 0.25) is 0 Å². The van der Waals surface area contributed by atoms with Crippen LogP contribution in [-0.4, -0.2) is 40.4 Å². The van der Waals surface area contributed by atoms with Gasteiger partial charge in [0.1, 0.15) is 18.2 Å². The normalized spacial score (nSPS) is 16.3. The number of hydrogen-bond donors (Lipinski definition) is 1. The Labute approximate surface area is 207 Å². The van der Waals surface area contributed by atoms with E-state index < -0.39 is 0 Å². The third kappa shape index (κ3) is 4.90. The first kappa shape index (κ1) is 24.5. The Morgan fingerprint density at radius 2 is 1.97 bits per heavy atom. The Kier molecular flexibility index (Phi) is 7.14. The van der Waals surface area contributed by atoms with E-state index in [2.05, 4.69) is 32.2 Å². The molecule has 0 fully saturated rings. The van der Waals surface area contributed by atoms with Crippen molar-refractivity contribution >= 4 is 40.7 Å². The summed E-state index contributed by atoms with van der Waals surface area (Å²) in [5.41, 5.74) is 2.09. The number of nitrogens with one attached hydrogen (secondary N) is 1. The van der Waals surface area contributed by atoms with Crippen molar-refractivity contribution in [3.8, 4) is 5.69 Å². The molecule has 1 aliphatic rings. The number of anilines is 1. The number of nitrogens with zero attached hydrogens (tertiary/aromatic N) is 3. The third-order valence-electron chi connectivity index (χ3n) is 5.55. The SMILES string of the molecule is CCCNC(=O)CN1C(=O)CS[C@@H](c2cccs2)c2c(C(C)(C)C)nn(-c3ccc(F)cc3)c21. The van der Waals surface area contributed by atoms with Crippen LogP contribution in [0.15, 0.2) is 41.8 Å². The monoisotopic (exact) mass is 500 g/mol.